The lowest BCUT2D eigenvalue weighted by molar-refractivity contribution is 0.628. The summed E-state index contributed by atoms with van der Waals surface area (Å²) in [5.41, 5.74) is 2.89. The standard InChI is InChI=1S/C12H16ClN/c1-10(8-13)9-14-7-6-11-4-2-3-5-12(11)14/h2-5,10H,6-9H2,1H3. The molecule has 1 nitrogen and oxygen atoms in total. The molecule has 0 saturated carbocycles. The molecular weight excluding hydrogens is 194 g/mol. The van der Waals surface area contributed by atoms with Crippen molar-refractivity contribution in [3.63, 3.8) is 0 Å². The molecular formula is C12H16ClN. The van der Waals surface area contributed by atoms with E-state index in [1.807, 2.05) is 0 Å². The van der Waals surface area contributed by atoms with Gasteiger partial charge in [-0.25, -0.2) is 0 Å². The summed E-state index contributed by atoms with van der Waals surface area (Å²) in [5.74, 6) is 1.32. The fourth-order valence-corrected chi connectivity index (χ4v) is 2.12. The molecule has 1 unspecified atom stereocenters. The van der Waals surface area contributed by atoms with Gasteiger partial charge in [0.25, 0.3) is 0 Å². The lowest BCUT2D eigenvalue weighted by Crippen LogP contribution is -2.27. The number of rotatable bonds is 3. The number of halogens is 1. The quantitative estimate of drug-likeness (QED) is 0.692. The number of fused-ring (bicyclic) bond motifs is 1. The average Bonchev–Trinajstić information content (AvgIpc) is 2.62. The maximum absolute atomic E-state index is 5.83. The van der Waals surface area contributed by atoms with E-state index in [4.69, 9.17) is 11.6 Å². The van der Waals surface area contributed by atoms with Crippen LogP contribution < -0.4 is 4.90 Å². The molecule has 1 aliphatic rings. The molecule has 1 atom stereocenters. The number of benzene rings is 1. The van der Waals surface area contributed by atoms with Gasteiger partial charge in [-0.1, -0.05) is 25.1 Å². The molecule has 0 aromatic heterocycles. The van der Waals surface area contributed by atoms with Gasteiger partial charge in [-0.2, -0.15) is 0 Å². The van der Waals surface area contributed by atoms with Gasteiger partial charge >= 0.3 is 0 Å². The highest BCUT2D eigenvalue weighted by atomic mass is 35.5. The lowest BCUT2D eigenvalue weighted by atomic mass is 10.1. The summed E-state index contributed by atoms with van der Waals surface area (Å²) in [6.45, 7) is 4.44. The number of hydrogen-bond donors (Lipinski definition) is 0. The summed E-state index contributed by atoms with van der Waals surface area (Å²) in [7, 11) is 0. The van der Waals surface area contributed by atoms with Crippen LogP contribution in [0.5, 0.6) is 0 Å². The fourth-order valence-electron chi connectivity index (χ4n) is 2.02. The van der Waals surface area contributed by atoms with Gasteiger partial charge < -0.3 is 4.90 Å². The van der Waals surface area contributed by atoms with Crippen molar-refractivity contribution in [2.75, 3.05) is 23.9 Å². The first-order chi connectivity index (χ1) is 6.81. The van der Waals surface area contributed by atoms with Gasteiger partial charge in [-0.05, 0) is 24.0 Å². The van der Waals surface area contributed by atoms with Crippen LogP contribution in [0.15, 0.2) is 24.3 Å². The van der Waals surface area contributed by atoms with Crippen molar-refractivity contribution in [1.82, 2.24) is 0 Å². The van der Waals surface area contributed by atoms with E-state index < -0.39 is 0 Å². The Kier molecular flexibility index (Phi) is 2.97. The summed E-state index contributed by atoms with van der Waals surface area (Å²) >= 11 is 5.83. The molecule has 0 amide bonds. The van der Waals surface area contributed by atoms with E-state index in [9.17, 15) is 0 Å². The molecule has 0 saturated heterocycles. The Hall–Kier alpha value is -0.690. The number of alkyl halides is 1. The molecule has 76 valence electrons. The van der Waals surface area contributed by atoms with Crippen molar-refractivity contribution < 1.29 is 0 Å². The topological polar surface area (TPSA) is 3.24 Å². The van der Waals surface area contributed by atoms with Crippen LogP contribution in [0, 0.1) is 5.92 Å². The molecule has 0 N–H and O–H groups in total. The molecule has 1 heterocycles. The first kappa shape index (κ1) is 9.85. The third-order valence-electron chi connectivity index (χ3n) is 2.78. The average molecular weight is 210 g/mol. The van der Waals surface area contributed by atoms with E-state index in [0.29, 0.717) is 5.92 Å². The highest BCUT2D eigenvalue weighted by Crippen LogP contribution is 2.27. The van der Waals surface area contributed by atoms with Crippen LogP contribution >= 0.6 is 11.6 Å². The van der Waals surface area contributed by atoms with Crippen LogP contribution in [0.3, 0.4) is 0 Å². The van der Waals surface area contributed by atoms with E-state index in [1.165, 1.54) is 17.7 Å². The Balaban J connectivity index is 2.10. The second kappa shape index (κ2) is 4.22. The van der Waals surface area contributed by atoms with E-state index in [2.05, 4.69) is 36.1 Å². The molecule has 14 heavy (non-hydrogen) atoms. The highest BCUT2D eigenvalue weighted by molar-refractivity contribution is 6.18. The van der Waals surface area contributed by atoms with Crippen molar-refractivity contribution in [1.29, 1.82) is 0 Å². The van der Waals surface area contributed by atoms with Gasteiger partial charge in [0.15, 0.2) is 0 Å². The maximum atomic E-state index is 5.83. The smallest absolute Gasteiger partial charge is 0.0399 e. The molecule has 0 bridgehead atoms. The number of anilines is 1. The number of para-hydroxylation sites is 1. The fraction of sp³-hybridized carbons (Fsp3) is 0.500. The van der Waals surface area contributed by atoms with Crippen LogP contribution in [0.4, 0.5) is 5.69 Å². The van der Waals surface area contributed by atoms with Gasteiger partial charge in [0.1, 0.15) is 0 Å². The zero-order valence-electron chi connectivity index (χ0n) is 8.54. The summed E-state index contributed by atoms with van der Waals surface area (Å²) in [5, 5.41) is 0. The predicted molar refractivity (Wildman–Crippen MR) is 62.2 cm³/mol. The Morgan fingerprint density at radius 2 is 2.21 bits per heavy atom. The largest absolute Gasteiger partial charge is 0.371 e. The summed E-state index contributed by atoms with van der Waals surface area (Å²) < 4.78 is 0. The van der Waals surface area contributed by atoms with Gasteiger partial charge in [-0.15, -0.1) is 11.6 Å². The predicted octanol–water partition coefficient (Wildman–Crippen LogP) is 2.92. The van der Waals surface area contributed by atoms with Crippen molar-refractivity contribution in [2.45, 2.75) is 13.3 Å². The van der Waals surface area contributed by atoms with Gasteiger partial charge in [-0.3, -0.25) is 0 Å². The first-order valence-electron chi connectivity index (χ1n) is 5.20. The molecule has 1 aromatic carbocycles. The molecule has 0 radical (unpaired) electrons. The van der Waals surface area contributed by atoms with Gasteiger partial charge in [0.05, 0.1) is 0 Å². The Morgan fingerprint density at radius 1 is 1.43 bits per heavy atom. The van der Waals surface area contributed by atoms with Crippen LogP contribution in [-0.2, 0) is 6.42 Å². The van der Waals surface area contributed by atoms with Gasteiger partial charge in [0, 0.05) is 24.7 Å². The van der Waals surface area contributed by atoms with Crippen LogP contribution in [0.1, 0.15) is 12.5 Å². The lowest BCUT2D eigenvalue weighted by Gasteiger charge is -2.22. The first-order valence-corrected chi connectivity index (χ1v) is 5.73. The summed E-state index contributed by atoms with van der Waals surface area (Å²) in [6.07, 6.45) is 1.19. The monoisotopic (exact) mass is 209 g/mol. The van der Waals surface area contributed by atoms with Crippen molar-refractivity contribution >= 4 is 17.3 Å². The van der Waals surface area contributed by atoms with Crippen LogP contribution in [0.2, 0.25) is 0 Å². The van der Waals surface area contributed by atoms with Crippen LogP contribution in [-0.4, -0.2) is 19.0 Å². The maximum Gasteiger partial charge on any atom is 0.0399 e. The third kappa shape index (κ3) is 1.88. The normalized spacial score (nSPS) is 16.9. The molecule has 1 aliphatic heterocycles. The van der Waals surface area contributed by atoms with E-state index in [0.717, 1.165) is 19.0 Å². The Bertz CT molecular complexity index is 311. The van der Waals surface area contributed by atoms with Gasteiger partial charge in [0.2, 0.25) is 0 Å². The molecule has 0 fully saturated rings. The third-order valence-corrected chi connectivity index (χ3v) is 3.31. The molecule has 2 heteroatoms. The minimum absolute atomic E-state index is 0.572. The molecule has 2 rings (SSSR count). The highest BCUT2D eigenvalue weighted by Gasteiger charge is 2.19. The Morgan fingerprint density at radius 3 is 3.00 bits per heavy atom. The van der Waals surface area contributed by atoms with E-state index in [1.54, 1.807) is 0 Å². The zero-order valence-corrected chi connectivity index (χ0v) is 9.30. The summed E-state index contributed by atoms with van der Waals surface area (Å²) in [4.78, 5) is 2.45. The number of hydrogen-bond acceptors (Lipinski definition) is 1. The minimum Gasteiger partial charge on any atom is -0.371 e. The minimum atomic E-state index is 0.572. The second-order valence-electron chi connectivity index (χ2n) is 4.08. The molecule has 1 aromatic rings. The zero-order chi connectivity index (χ0) is 9.97. The van der Waals surface area contributed by atoms with Crippen molar-refractivity contribution in [3.05, 3.63) is 29.8 Å². The second-order valence-corrected chi connectivity index (χ2v) is 4.39. The number of nitrogens with zero attached hydrogens (tertiary/aromatic N) is 1. The van der Waals surface area contributed by atoms with Crippen molar-refractivity contribution in [3.8, 4) is 0 Å². The molecule has 0 aliphatic carbocycles. The summed E-state index contributed by atoms with van der Waals surface area (Å²) in [6, 6.07) is 8.67. The van der Waals surface area contributed by atoms with Crippen LogP contribution in [0.25, 0.3) is 0 Å². The SMILES string of the molecule is CC(CCl)CN1CCc2ccccc21. The van der Waals surface area contributed by atoms with E-state index in [-0.39, 0.29) is 0 Å². The Labute approximate surface area is 90.7 Å². The molecule has 0 spiro atoms. The van der Waals surface area contributed by atoms with E-state index >= 15 is 0 Å². The van der Waals surface area contributed by atoms with Crippen molar-refractivity contribution in [2.24, 2.45) is 5.92 Å².